The minimum atomic E-state index is -0.596. The number of nitro groups is 1. The third-order valence-electron chi connectivity index (χ3n) is 2.82. The molecule has 0 radical (unpaired) electrons. The van der Waals surface area contributed by atoms with Gasteiger partial charge >= 0.3 is 6.03 Å². The van der Waals surface area contributed by atoms with Crippen LogP contribution in [0.3, 0.4) is 0 Å². The normalized spacial score (nSPS) is 10.0. The number of benzene rings is 2. The van der Waals surface area contributed by atoms with Gasteiger partial charge in [-0.15, -0.1) is 0 Å². The molecule has 0 fully saturated rings. The summed E-state index contributed by atoms with van der Waals surface area (Å²) in [6.45, 7) is -0.0967. The number of aromatic hydroxyl groups is 1. The van der Waals surface area contributed by atoms with Crippen LogP contribution >= 0.6 is 0 Å². The predicted molar refractivity (Wildman–Crippen MR) is 77.0 cm³/mol. The van der Waals surface area contributed by atoms with Gasteiger partial charge in [-0.25, -0.2) is 9.18 Å². The van der Waals surface area contributed by atoms with Crippen molar-refractivity contribution in [1.29, 1.82) is 0 Å². The number of nitrogens with zero attached hydrogens (tertiary/aromatic N) is 1. The van der Waals surface area contributed by atoms with Crippen molar-refractivity contribution in [2.75, 3.05) is 5.32 Å². The van der Waals surface area contributed by atoms with Crippen molar-refractivity contribution in [2.45, 2.75) is 6.54 Å². The molecule has 2 rings (SSSR count). The third-order valence-corrected chi connectivity index (χ3v) is 2.82. The summed E-state index contributed by atoms with van der Waals surface area (Å²) < 4.78 is 12.7. The maximum atomic E-state index is 12.7. The van der Waals surface area contributed by atoms with Crippen LogP contribution < -0.4 is 10.6 Å². The van der Waals surface area contributed by atoms with Crippen molar-refractivity contribution in [3.05, 3.63) is 64.0 Å². The largest absolute Gasteiger partial charge is 0.508 e. The number of nitrogens with one attached hydrogen (secondary N) is 2. The second kappa shape index (κ2) is 6.53. The average molecular weight is 305 g/mol. The molecular weight excluding hydrogens is 293 g/mol. The molecule has 7 nitrogen and oxygen atoms in total. The first kappa shape index (κ1) is 15.2. The third kappa shape index (κ3) is 3.92. The van der Waals surface area contributed by atoms with Gasteiger partial charge in [-0.3, -0.25) is 10.1 Å². The van der Waals surface area contributed by atoms with Crippen molar-refractivity contribution < 1.29 is 19.2 Å². The van der Waals surface area contributed by atoms with E-state index in [0.717, 1.165) is 6.07 Å². The van der Waals surface area contributed by atoms with Crippen molar-refractivity contribution >= 4 is 17.4 Å². The van der Waals surface area contributed by atoms with Crippen LogP contribution in [0.1, 0.15) is 5.56 Å². The van der Waals surface area contributed by atoms with E-state index in [1.807, 2.05) is 0 Å². The number of phenolic OH excluding ortho intramolecular Hbond substituents is 1. The number of hydrogen-bond acceptors (Lipinski definition) is 4. The van der Waals surface area contributed by atoms with E-state index in [2.05, 4.69) is 10.6 Å². The topological polar surface area (TPSA) is 104 Å². The number of amides is 2. The van der Waals surface area contributed by atoms with Crippen LogP contribution in [0.25, 0.3) is 0 Å². The molecule has 0 saturated heterocycles. The van der Waals surface area contributed by atoms with E-state index in [-0.39, 0.29) is 23.5 Å². The van der Waals surface area contributed by atoms with Gasteiger partial charge in [-0.05, 0) is 30.3 Å². The number of phenols is 1. The number of rotatable bonds is 4. The molecule has 0 aliphatic heterocycles. The van der Waals surface area contributed by atoms with Crippen LogP contribution in [0, 0.1) is 15.9 Å². The number of carbonyl (C=O) groups excluding carboxylic acids is 1. The average Bonchev–Trinajstić information content (AvgIpc) is 2.48. The zero-order valence-electron chi connectivity index (χ0n) is 11.2. The number of halogens is 1. The van der Waals surface area contributed by atoms with E-state index >= 15 is 0 Å². The molecule has 3 N–H and O–H groups in total. The van der Waals surface area contributed by atoms with Gasteiger partial charge in [0.1, 0.15) is 11.6 Å². The number of carbonyl (C=O) groups is 1. The van der Waals surface area contributed by atoms with Gasteiger partial charge in [0.05, 0.1) is 4.92 Å². The summed E-state index contributed by atoms with van der Waals surface area (Å²) in [6.07, 6.45) is 0. The summed E-state index contributed by atoms with van der Waals surface area (Å²) in [5.41, 5.74) is 0.416. The molecule has 2 amide bonds. The highest BCUT2D eigenvalue weighted by Gasteiger charge is 2.11. The molecule has 0 saturated carbocycles. The minimum absolute atomic E-state index is 0.0967. The maximum absolute atomic E-state index is 12.7. The lowest BCUT2D eigenvalue weighted by Crippen LogP contribution is -2.28. The summed E-state index contributed by atoms with van der Waals surface area (Å²) in [4.78, 5) is 21.7. The van der Waals surface area contributed by atoms with E-state index in [1.165, 1.54) is 36.4 Å². The Balaban J connectivity index is 1.97. The molecule has 22 heavy (non-hydrogen) atoms. The highest BCUT2D eigenvalue weighted by atomic mass is 19.1. The number of anilines is 1. The summed E-state index contributed by atoms with van der Waals surface area (Å²) in [5, 5.41) is 25.2. The fourth-order valence-electron chi connectivity index (χ4n) is 1.71. The van der Waals surface area contributed by atoms with Crippen LogP contribution in [0.5, 0.6) is 5.75 Å². The quantitative estimate of drug-likeness (QED) is 0.596. The SMILES string of the molecule is O=C(NCc1cc([N+](=O)[O-])ccc1O)Nc1ccc(F)cc1. The maximum Gasteiger partial charge on any atom is 0.319 e. The Morgan fingerprint density at radius 1 is 1.23 bits per heavy atom. The molecular formula is C14H12FN3O4. The first-order valence-corrected chi connectivity index (χ1v) is 6.22. The van der Waals surface area contributed by atoms with E-state index in [0.29, 0.717) is 5.69 Å². The van der Waals surface area contributed by atoms with E-state index in [1.54, 1.807) is 0 Å². The van der Waals surface area contributed by atoms with E-state index < -0.39 is 16.8 Å². The zero-order chi connectivity index (χ0) is 16.1. The Morgan fingerprint density at radius 2 is 1.91 bits per heavy atom. The lowest BCUT2D eigenvalue weighted by Gasteiger charge is -2.08. The first-order chi connectivity index (χ1) is 10.5. The molecule has 8 heteroatoms. The van der Waals surface area contributed by atoms with Crippen LogP contribution in [-0.2, 0) is 6.54 Å². The molecule has 2 aromatic carbocycles. The van der Waals surface area contributed by atoms with Gasteiger partial charge < -0.3 is 15.7 Å². The Hall–Kier alpha value is -3.16. The van der Waals surface area contributed by atoms with Gasteiger partial charge in [-0.2, -0.15) is 0 Å². The fraction of sp³-hybridized carbons (Fsp3) is 0.0714. The molecule has 0 unspecified atom stereocenters. The zero-order valence-corrected chi connectivity index (χ0v) is 11.2. The molecule has 0 aromatic heterocycles. The highest BCUT2D eigenvalue weighted by molar-refractivity contribution is 5.89. The standard InChI is InChI=1S/C14H12FN3O4/c15-10-1-3-11(4-2-10)17-14(20)16-8-9-7-12(18(21)22)5-6-13(9)19/h1-7,19H,8H2,(H2,16,17,20). The van der Waals surface area contributed by atoms with Gasteiger partial charge in [0.25, 0.3) is 5.69 Å². The summed E-state index contributed by atoms with van der Waals surface area (Å²) in [6, 6.07) is 8.11. The van der Waals surface area contributed by atoms with E-state index in [4.69, 9.17) is 0 Å². The number of hydrogen-bond donors (Lipinski definition) is 3. The Kier molecular flexibility index (Phi) is 4.52. The van der Waals surface area contributed by atoms with Gasteiger partial charge in [0.2, 0.25) is 0 Å². The molecule has 0 heterocycles. The number of non-ortho nitro benzene ring substituents is 1. The fourth-order valence-corrected chi connectivity index (χ4v) is 1.71. The lowest BCUT2D eigenvalue weighted by molar-refractivity contribution is -0.384. The van der Waals surface area contributed by atoms with Crippen molar-refractivity contribution in [3.63, 3.8) is 0 Å². The second-order valence-electron chi connectivity index (χ2n) is 4.38. The molecule has 2 aromatic rings. The first-order valence-electron chi connectivity index (χ1n) is 6.22. The Labute approximate surface area is 124 Å². The predicted octanol–water partition coefficient (Wildman–Crippen LogP) is 2.76. The molecule has 0 aliphatic rings. The molecule has 114 valence electrons. The molecule has 0 atom stereocenters. The number of nitro benzene ring substituents is 1. The van der Waals surface area contributed by atoms with Gasteiger partial charge in [0, 0.05) is 29.9 Å². The Bertz CT molecular complexity index is 704. The molecule has 0 spiro atoms. The van der Waals surface area contributed by atoms with Crippen molar-refractivity contribution in [2.24, 2.45) is 0 Å². The summed E-state index contributed by atoms with van der Waals surface area (Å²) in [7, 11) is 0. The lowest BCUT2D eigenvalue weighted by atomic mass is 10.2. The summed E-state index contributed by atoms with van der Waals surface area (Å²) in [5.74, 6) is -0.583. The minimum Gasteiger partial charge on any atom is -0.508 e. The Morgan fingerprint density at radius 3 is 2.55 bits per heavy atom. The molecule has 0 bridgehead atoms. The van der Waals surface area contributed by atoms with Crippen LogP contribution in [0.15, 0.2) is 42.5 Å². The molecule has 0 aliphatic carbocycles. The number of urea groups is 1. The van der Waals surface area contributed by atoms with Crippen LogP contribution in [-0.4, -0.2) is 16.1 Å². The smallest absolute Gasteiger partial charge is 0.319 e. The summed E-state index contributed by atoms with van der Waals surface area (Å²) >= 11 is 0. The van der Waals surface area contributed by atoms with Crippen molar-refractivity contribution in [1.82, 2.24) is 5.32 Å². The van der Waals surface area contributed by atoms with E-state index in [9.17, 15) is 24.4 Å². The highest BCUT2D eigenvalue weighted by Crippen LogP contribution is 2.22. The van der Waals surface area contributed by atoms with Crippen molar-refractivity contribution in [3.8, 4) is 5.75 Å². The van der Waals surface area contributed by atoms with Crippen LogP contribution in [0.2, 0.25) is 0 Å². The second-order valence-corrected chi connectivity index (χ2v) is 4.38. The van der Waals surface area contributed by atoms with Gasteiger partial charge in [-0.1, -0.05) is 0 Å². The monoisotopic (exact) mass is 305 g/mol. The van der Waals surface area contributed by atoms with Gasteiger partial charge in [0.15, 0.2) is 0 Å². The van der Waals surface area contributed by atoms with Crippen LogP contribution in [0.4, 0.5) is 20.6 Å².